The van der Waals surface area contributed by atoms with Gasteiger partial charge >= 0.3 is 0 Å². The monoisotopic (exact) mass is 466 g/mol. The summed E-state index contributed by atoms with van der Waals surface area (Å²) in [4.78, 5) is 6.05. The van der Waals surface area contributed by atoms with Crippen LogP contribution in [0.4, 0.5) is 13.2 Å². The third-order valence-electron chi connectivity index (χ3n) is 5.64. The number of rotatable bonds is 6. The van der Waals surface area contributed by atoms with Crippen molar-refractivity contribution >= 4 is 21.2 Å². The van der Waals surface area contributed by atoms with Crippen LogP contribution in [0.25, 0.3) is 10.6 Å². The summed E-state index contributed by atoms with van der Waals surface area (Å²) >= 11 is 1.44. The summed E-state index contributed by atoms with van der Waals surface area (Å²) in [6.45, 7) is 0.937. The molecule has 31 heavy (non-hydrogen) atoms. The van der Waals surface area contributed by atoms with Crippen LogP contribution in [0.5, 0.6) is 0 Å². The highest BCUT2D eigenvalue weighted by Crippen LogP contribution is 2.37. The van der Waals surface area contributed by atoms with Gasteiger partial charge in [0.2, 0.25) is 14.8 Å². The lowest BCUT2D eigenvalue weighted by Crippen LogP contribution is -2.46. The number of benzene rings is 2. The Bertz CT molecular complexity index is 1140. The lowest BCUT2D eigenvalue weighted by Gasteiger charge is -2.36. The number of sulfone groups is 1. The third-order valence-corrected chi connectivity index (χ3v) is 8.73. The summed E-state index contributed by atoms with van der Waals surface area (Å²) < 4.78 is 68.3. The average molecular weight is 467 g/mol. The zero-order chi connectivity index (χ0) is 22.1. The van der Waals surface area contributed by atoms with E-state index in [1.165, 1.54) is 35.6 Å². The van der Waals surface area contributed by atoms with Crippen molar-refractivity contribution in [1.82, 2.24) is 9.88 Å². The van der Waals surface area contributed by atoms with Gasteiger partial charge in [-0.1, -0.05) is 18.2 Å². The lowest BCUT2D eigenvalue weighted by molar-refractivity contribution is 0.120. The Morgan fingerprint density at radius 2 is 1.77 bits per heavy atom. The molecule has 0 atom stereocenters. The maximum Gasteiger partial charge on any atom is 0.217 e. The van der Waals surface area contributed by atoms with Crippen LogP contribution in [-0.4, -0.2) is 42.9 Å². The Balaban J connectivity index is 1.40. The molecule has 4 nitrogen and oxygen atoms in total. The van der Waals surface area contributed by atoms with Crippen LogP contribution in [-0.2, 0) is 16.3 Å². The van der Waals surface area contributed by atoms with E-state index >= 15 is 4.39 Å². The van der Waals surface area contributed by atoms with Crippen molar-refractivity contribution in [1.29, 1.82) is 0 Å². The molecule has 164 valence electrons. The van der Waals surface area contributed by atoms with Gasteiger partial charge in [-0.2, -0.15) is 0 Å². The van der Waals surface area contributed by atoms with Crippen LogP contribution in [0, 0.1) is 11.6 Å². The summed E-state index contributed by atoms with van der Waals surface area (Å²) in [7, 11) is -4.16. The standard InChI is InChI=1S/C22H21F3N2O2S2/c23-18-4-1-16(20(24)15-18)7-11-27-12-8-22(25,9-13-27)31(28,29)19-5-2-17(3-6-19)21-26-10-14-30-21/h1-6,10,14-15H,7-9,11-13H2. The van der Waals surface area contributed by atoms with Crippen molar-refractivity contribution in [3.63, 3.8) is 0 Å². The van der Waals surface area contributed by atoms with E-state index < -0.39 is 26.5 Å². The zero-order valence-electron chi connectivity index (χ0n) is 16.6. The number of likely N-dealkylation sites (tertiary alicyclic amines) is 1. The number of nitrogens with zero attached hydrogens (tertiary/aromatic N) is 2. The number of aromatic nitrogens is 1. The minimum absolute atomic E-state index is 0.0443. The molecule has 3 aromatic rings. The molecule has 0 spiro atoms. The van der Waals surface area contributed by atoms with Crippen molar-refractivity contribution in [2.75, 3.05) is 19.6 Å². The average Bonchev–Trinajstić information content (AvgIpc) is 3.29. The molecular formula is C22H21F3N2O2S2. The van der Waals surface area contributed by atoms with Gasteiger partial charge in [0, 0.05) is 55.7 Å². The molecule has 1 saturated heterocycles. The first-order valence-electron chi connectivity index (χ1n) is 9.88. The van der Waals surface area contributed by atoms with Crippen LogP contribution in [0.3, 0.4) is 0 Å². The fourth-order valence-electron chi connectivity index (χ4n) is 3.74. The Kier molecular flexibility index (Phi) is 6.18. The van der Waals surface area contributed by atoms with E-state index in [0.717, 1.165) is 16.6 Å². The van der Waals surface area contributed by atoms with Gasteiger partial charge in [0.25, 0.3) is 0 Å². The van der Waals surface area contributed by atoms with Crippen LogP contribution in [0.1, 0.15) is 18.4 Å². The second-order valence-electron chi connectivity index (χ2n) is 7.58. The van der Waals surface area contributed by atoms with Gasteiger partial charge in [-0.3, -0.25) is 0 Å². The SMILES string of the molecule is O=S(=O)(c1ccc(-c2nccs2)cc1)C1(F)CCN(CCc2ccc(F)cc2F)CC1. The molecule has 0 radical (unpaired) electrons. The molecule has 2 aromatic carbocycles. The predicted octanol–water partition coefficient (Wildman–Crippen LogP) is 4.87. The van der Waals surface area contributed by atoms with Crippen molar-refractivity contribution in [3.8, 4) is 10.6 Å². The van der Waals surface area contributed by atoms with Crippen molar-refractivity contribution in [2.45, 2.75) is 29.2 Å². The summed E-state index contributed by atoms with van der Waals surface area (Å²) in [6.07, 6.45) is 1.70. The van der Waals surface area contributed by atoms with E-state index in [2.05, 4.69) is 4.98 Å². The van der Waals surface area contributed by atoms with E-state index in [-0.39, 0.29) is 30.8 Å². The molecule has 0 N–H and O–H groups in total. The van der Waals surface area contributed by atoms with E-state index in [1.54, 1.807) is 18.3 Å². The first-order chi connectivity index (χ1) is 14.8. The number of piperidine rings is 1. The second-order valence-corrected chi connectivity index (χ2v) is 10.7. The van der Waals surface area contributed by atoms with Crippen molar-refractivity contribution < 1.29 is 21.6 Å². The molecule has 0 aliphatic carbocycles. The fourth-order valence-corrected chi connectivity index (χ4v) is 6.02. The summed E-state index contributed by atoms with van der Waals surface area (Å²) in [6, 6.07) is 9.57. The molecular weight excluding hydrogens is 445 g/mol. The topological polar surface area (TPSA) is 50.3 Å². The molecule has 4 rings (SSSR count). The highest BCUT2D eigenvalue weighted by atomic mass is 32.2. The van der Waals surface area contributed by atoms with Crippen LogP contribution < -0.4 is 0 Å². The second kappa shape index (κ2) is 8.72. The number of hydrogen-bond acceptors (Lipinski definition) is 5. The number of alkyl halides is 1. The van der Waals surface area contributed by atoms with Gasteiger partial charge in [0.1, 0.15) is 16.6 Å². The van der Waals surface area contributed by atoms with Crippen LogP contribution in [0.2, 0.25) is 0 Å². The summed E-state index contributed by atoms with van der Waals surface area (Å²) in [5.74, 6) is -1.24. The largest absolute Gasteiger partial charge is 0.303 e. The minimum atomic E-state index is -4.16. The summed E-state index contributed by atoms with van der Waals surface area (Å²) in [5.41, 5.74) is 1.16. The van der Waals surface area contributed by atoms with Gasteiger partial charge in [-0.05, 0) is 30.2 Å². The predicted molar refractivity (Wildman–Crippen MR) is 114 cm³/mol. The van der Waals surface area contributed by atoms with Gasteiger partial charge in [-0.15, -0.1) is 11.3 Å². The van der Waals surface area contributed by atoms with Gasteiger partial charge in [0.15, 0.2) is 0 Å². The third kappa shape index (κ3) is 4.53. The fraction of sp³-hybridized carbons (Fsp3) is 0.318. The first-order valence-corrected chi connectivity index (χ1v) is 12.2. The molecule has 1 aliphatic rings. The van der Waals surface area contributed by atoms with E-state index in [1.807, 2.05) is 10.3 Å². The molecule has 0 saturated carbocycles. The smallest absolute Gasteiger partial charge is 0.217 e. The van der Waals surface area contributed by atoms with Crippen molar-refractivity contribution in [3.05, 3.63) is 71.2 Å². The number of halogens is 3. The highest BCUT2D eigenvalue weighted by molar-refractivity contribution is 7.92. The zero-order valence-corrected chi connectivity index (χ0v) is 18.2. The first kappa shape index (κ1) is 22.0. The molecule has 0 unspecified atom stereocenters. The minimum Gasteiger partial charge on any atom is -0.303 e. The molecule has 2 heterocycles. The molecule has 1 aliphatic heterocycles. The van der Waals surface area contributed by atoms with Crippen molar-refractivity contribution in [2.24, 2.45) is 0 Å². The Morgan fingerprint density at radius 3 is 2.39 bits per heavy atom. The maximum absolute atomic E-state index is 15.5. The van der Waals surface area contributed by atoms with Gasteiger partial charge in [0.05, 0.1) is 4.90 Å². The molecule has 0 amide bonds. The number of thiazole rings is 1. The molecule has 1 aromatic heterocycles. The van der Waals surface area contributed by atoms with E-state index in [4.69, 9.17) is 0 Å². The van der Waals surface area contributed by atoms with Gasteiger partial charge in [-0.25, -0.2) is 26.6 Å². The molecule has 0 bridgehead atoms. The Labute approximate surface area is 183 Å². The van der Waals surface area contributed by atoms with E-state index in [9.17, 15) is 17.2 Å². The quantitative estimate of drug-likeness (QED) is 0.520. The highest BCUT2D eigenvalue weighted by Gasteiger charge is 2.47. The van der Waals surface area contributed by atoms with Crippen LogP contribution >= 0.6 is 11.3 Å². The Hall–Kier alpha value is -2.23. The van der Waals surface area contributed by atoms with Crippen LogP contribution in [0.15, 0.2) is 58.9 Å². The molecule has 1 fully saturated rings. The van der Waals surface area contributed by atoms with Gasteiger partial charge < -0.3 is 4.90 Å². The summed E-state index contributed by atoms with van der Waals surface area (Å²) in [5, 5.41) is 0.257. The number of hydrogen-bond donors (Lipinski definition) is 0. The maximum atomic E-state index is 15.5. The normalized spacial score (nSPS) is 17.0. The molecule has 9 heteroatoms. The lowest BCUT2D eigenvalue weighted by atomic mass is 10.1. The van der Waals surface area contributed by atoms with E-state index in [0.29, 0.717) is 18.5 Å². The Morgan fingerprint density at radius 1 is 1.06 bits per heavy atom.